The predicted molar refractivity (Wildman–Crippen MR) is 274 cm³/mol. The van der Waals surface area contributed by atoms with Crippen molar-refractivity contribution in [2.45, 2.75) is 148 Å². The van der Waals surface area contributed by atoms with Crippen molar-refractivity contribution in [3.63, 3.8) is 0 Å². The summed E-state index contributed by atoms with van der Waals surface area (Å²) in [5.41, 5.74) is 5.35. The van der Waals surface area contributed by atoms with Gasteiger partial charge in [0.2, 0.25) is 0 Å². The van der Waals surface area contributed by atoms with Gasteiger partial charge in [-0.2, -0.15) is 0 Å². The van der Waals surface area contributed by atoms with Crippen molar-refractivity contribution in [1.29, 1.82) is 0 Å². The molecule has 0 fully saturated rings. The maximum atomic E-state index is 12.6. The monoisotopic (exact) mass is 918 g/mol. The summed E-state index contributed by atoms with van der Waals surface area (Å²) in [5.74, 6) is -0.966. The van der Waals surface area contributed by atoms with Crippen LogP contribution in [0.15, 0.2) is 158 Å². The van der Waals surface area contributed by atoms with Crippen molar-refractivity contribution in [3.8, 4) is 0 Å². The first kappa shape index (κ1) is 60.6. The van der Waals surface area contributed by atoms with E-state index in [0.29, 0.717) is 19.3 Å². The van der Waals surface area contributed by atoms with Gasteiger partial charge in [0.05, 0.1) is 13.2 Å². The average molecular weight is 918 g/mol. The molecule has 0 aromatic heterocycles. The number of carbonyl (C=O) groups is 2. The van der Waals surface area contributed by atoms with Crippen LogP contribution in [0.25, 0.3) is 0 Å². The summed E-state index contributed by atoms with van der Waals surface area (Å²) in [6, 6.07) is 0. The van der Waals surface area contributed by atoms with Gasteiger partial charge >= 0.3 is 19.8 Å². The number of allylic oxidation sites excluding steroid dienone is 26. The number of phosphoric ester groups is 1. The van der Waals surface area contributed by atoms with E-state index < -0.39 is 32.5 Å². The van der Waals surface area contributed by atoms with Gasteiger partial charge in [-0.15, -0.1) is 0 Å². The van der Waals surface area contributed by atoms with Gasteiger partial charge < -0.3 is 20.1 Å². The number of esters is 2. The molecule has 0 heterocycles. The van der Waals surface area contributed by atoms with E-state index in [2.05, 4.69) is 166 Å². The van der Waals surface area contributed by atoms with E-state index in [9.17, 15) is 19.0 Å². The molecular formula is C55H84NO8P. The number of rotatable bonds is 42. The van der Waals surface area contributed by atoms with E-state index in [4.69, 9.17) is 24.3 Å². The van der Waals surface area contributed by atoms with Crippen molar-refractivity contribution >= 4 is 19.8 Å². The summed E-state index contributed by atoms with van der Waals surface area (Å²) < 4.78 is 32.7. The fourth-order valence-corrected chi connectivity index (χ4v) is 6.21. The van der Waals surface area contributed by atoms with Gasteiger partial charge in [-0.05, 0) is 116 Å². The highest BCUT2D eigenvalue weighted by atomic mass is 31.2. The van der Waals surface area contributed by atoms with Gasteiger partial charge in [-0.25, -0.2) is 4.57 Å². The van der Waals surface area contributed by atoms with Gasteiger partial charge in [-0.1, -0.05) is 172 Å². The number of hydrogen-bond acceptors (Lipinski definition) is 8. The Hall–Kier alpha value is -4.37. The van der Waals surface area contributed by atoms with Crippen molar-refractivity contribution in [2.24, 2.45) is 5.73 Å². The summed E-state index contributed by atoms with van der Waals surface area (Å²) in [6.45, 7) is 3.34. The van der Waals surface area contributed by atoms with Gasteiger partial charge in [0.15, 0.2) is 6.10 Å². The first-order valence-corrected chi connectivity index (χ1v) is 25.5. The van der Waals surface area contributed by atoms with Crippen LogP contribution in [0.4, 0.5) is 0 Å². The number of ether oxygens (including phenoxy) is 2. The molecule has 2 unspecified atom stereocenters. The van der Waals surface area contributed by atoms with Crippen molar-refractivity contribution in [3.05, 3.63) is 158 Å². The first-order valence-electron chi connectivity index (χ1n) is 24.0. The molecule has 0 aromatic rings. The smallest absolute Gasteiger partial charge is 0.462 e. The Balaban J connectivity index is 4.29. The Morgan fingerprint density at radius 2 is 0.800 bits per heavy atom. The summed E-state index contributed by atoms with van der Waals surface area (Å²) in [4.78, 5) is 34.9. The van der Waals surface area contributed by atoms with Crippen molar-refractivity contribution in [2.75, 3.05) is 26.4 Å². The molecular weight excluding hydrogens is 834 g/mol. The average Bonchev–Trinajstić information content (AvgIpc) is 3.30. The van der Waals surface area contributed by atoms with Crippen LogP contribution >= 0.6 is 7.82 Å². The van der Waals surface area contributed by atoms with E-state index in [-0.39, 0.29) is 32.6 Å². The maximum absolute atomic E-state index is 12.6. The lowest BCUT2D eigenvalue weighted by atomic mass is 10.2. The molecule has 0 spiro atoms. The standard InChI is InChI=1S/C55H84NO8P/c1-3-5-7-9-11-13-15-17-19-20-21-22-23-24-25-26-27-28-29-30-31-32-34-36-38-40-42-44-46-48-55(58)64-53(52-63-65(59,60)62-50-49-56)51-61-54(57)47-45-43-41-39-37-35-33-18-16-14-12-10-8-6-4-2/h5-8,11-14,17-19,21-22,24-25,27-28,30-31,33-34,36-37,39-40,42,53H,3-4,9-10,15-16,20,23,26,29,32,35,38,41,43-52,56H2,1-2H3,(H,59,60)/b7-5-,8-6-,13-11-,14-12-,19-17-,22-21-,25-24-,28-27-,31-30-,33-18-,36-34-,39-37-,42-40-. The fourth-order valence-electron chi connectivity index (χ4n) is 5.45. The third kappa shape index (κ3) is 48.9. The lowest BCUT2D eigenvalue weighted by Crippen LogP contribution is -2.29. The van der Waals surface area contributed by atoms with Crippen LogP contribution < -0.4 is 5.73 Å². The van der Waals surface area contributed by atoms with Gasteiger partial charge in [0.1, 0.15) is 6.61 Å². The molecule has 0 rings (SSSR count). The minimum Gasteiger partial charge on any atom is -0.462 e. The quantitative estimate of drug-likeness (QED) is 0.0266. The summed E-state index contributed by atoms with van der Waals surface area (Å²) in [7, 11) is -4.42. The molecule has 0 aliphatic carbocycles. The van der Waals surface area contributed by atoms with Gasteiger partial charge in [0, 0.05) is 19.4 Å². The van der Waals surface area contributed by atoms with E-state index in [0.717, 1.165) is 96.3 Å². The molecule has 0 aliphatic rings. The Kier molecular flexibility index (Phi) is 45.8. The molecule has 9 nitrogen and oxygen atoms in total. The largest absolute Gasteiger partial charge is 0.472 e. The second-order valence-electron chi connectivity index (χ2n) is 14.9. The Labute approximate surface area is 394 Å². The zero-order chi connectivity index (χ0) is 47.4. The van der Waals surface area contributed by atoms with Crippen molar-refractivity contribution < 1.29 is 37.6 Å². The molecule has 65 heavy (non-hydrogen) atoms. The molecule has 0 radical (unpaired) electrons. The van der Waals surface area contributed by atoms with Crippen LogP contribution in [0.1, 0.15) is 142 Å². The van der Waals surface area contributed by atoms with Gasteiger partial charge in [-0.3, -0.25) is 18.6 Å². The molecule has 362 valence electrons. The molecule has 10 heteroatoms. The van der Waals surface area contributed by atoms with Crippen LogP contribution in [0.5, 0.6) is 0 Å². The minimum atomic E-state index is -4.42. The van der Waals surface area contributed by atoms with Crippen LogP contribution in [0, 0.1) is 0 Å². The molecule has 0 bridgehead atoms. The van der Waals surface area contributed by atoms with E-state index in [1.54, 1.807) is 0 Å². The SMILES string of the molecule is CC/C=C\C/C=C\C/C=C\C/C=C\C/C=C\C/C=C\C/C=C\C/C=C\C/C=C\CCCC(=O)OC(COC(=O)CCCC/C=C\C/C=C\C/C=C\C/C=C\CC)COP(=O)(O)OCCN. The van der Waals surface area contributed by atoms with Crippen LogP contribution in [0.3, 0.4) is 0 Å². The lowest BCUT2D eigenvalue weighted by molar-refractivity contribution is -0.161. The maximum Gasteiger partial charge on any atom is 0.472 e. The van der Waals surface area contributed by atoms with Gasteiger partial charge in [0.25, 0.3) is 0 Å². The summed E-state index contributed by atoms with van der Waals surface area (Å²) >= 11 is 0. The molecule has 0 aliphatic heterocycles. The number of nitrogens with two attached hydrogens (primary N) is 1. The van der Waals surface area contributed by atoms with Crippen LogP contribution in [0.2, 0.25) is 0 Å². The molecule has 3 N–H and O–H groups in total. The normalized spacial score (nSPS) is 14.6. The highest BCUT2D eigenvalue weighted by Crippen LogP contribution is 2.43. The third-order valence-electron chi connectivity index (χ3n) is 8.91. The topological polar surface area (TPSA) is 134 Å². The summed E-state index contributed by atoms with van der Waals surface area (Å²) in [6.07, 6.45) is 71.5. The van der Waals surface area contributed by atoms with E-state index >= 15 is 0 Å². The fraction of sp³-hybridized carbons (Fsp3) is 0.491. The zero-order valence-corrected chi connectivity index (χ0v) is 40.8. The number of carbonyl (C=O) groups excluding carboxylic acids is 2. The second kappa shape index (κ2) is 49.1. The Morgan fingerprint density at radius 3 is 1.17 bits per heavy atom. The molecule has 0 aromatic carbocycles. The van der Waals surface area contributed by atoms with Crippen LogP contribution in [-0.2, 0) is 32.7 Å². The highest BCUT2D eigenvalue weighted by molar-refractivity contribution is 7.47. The van der Waals surface area contributed by atoms with E-state index in [1.807, 2.05) is 6.08 Å². The highest BCUT2D eigenvalue weighted by Gasteiger charge is 2.25. The predicted octanol–water partition coefficient (Wildman–Crippen LogP) is 14.6. The van der Waals surface area contributed by atoms with E-state index in [1.165, 1.54) is 0 Å². The number of hydrogen-bond donors (Lipinski definition) is 2. The number of phosphoric acid groups is 1. The Bertz CT molecular complexity index is 1610. The number of unbranched alkanes of at least 4 members (excludes halogenated alkanes) is 3. The lowest BCUT2D eigenvalue weighted by Gasteiger charge is -2.19. The molecule has 0 saturated carbocycles. The minimum absolute atomic E-state index is 0.0284. The van der Waals surface area contributed by atoms with Crippen molar-refractivity contribution in [1.82, 2.24) is 0 Å². The second-order valence-corrected chi connectivity index (χ2v) is 16.3. The molecule has 0 amide bonds. The molecule has 2 atom stereocenters. The summed E-state index contributed by atoms with van der Waals surface area (Å²) in [5, 5.41) is 0. The zero-order valence-electron chi connectivity index (χ0n) is 39.9. The Morgan fingerprint density at radius 1 is 0.462 bits per heavy atom. The first-order chi connectivity index (χ1) is 31.8. The third-order valence-corrected chi connectivity index (χ3v) is 9.89. The van der Waals surface area contributed by atoms with Crippen LogP contribution in [-0.4, -0.2) is 49.3 Å². The molecule has 0 saturated heterocycles.